The molecular formula is C14H21FN2. The summed E-state index contributed by atoms with van der Waals surface area (Å²) in [4.78, 5) is 4.21. The quantitative estimate of drug-likeness (QED) is 0.871. The molecule has 3 unspecified atom stereocenters. The van der Waals surface area contributed by atoms with Gasteiger partial charge in [0.25, 0.3) is 0 Å². The largest absolute Gasteiger partial charge is 0.311 e. The Bertz CT molecular complexity index is 367. The van der Waals surface area contributed by atoms with Gasteiger partial charge < -0.3 is 5.32 Å². The van der Waals surface area contributed by atoms with Gasteiger partial charge in [-0.2, -0.15) is 0 Å². The maximum Gasteiger partial charge on any atom is 0.146 e. The number of hydrogen-bond acceptors (Lipinski definition) is 2. The second kappa shape index (κ2) is 5.58. The molecule has 3 heteroatoms. The Kier molecular flexibility index (Phi) is 4.11. The lowest BCUT2D eigenvalue weighted by Gasteiger charge is -2.32. The van der Waals surface area contributed by atoms with E-state index >= 15 is 0 Å². The van der Waals surface area contributed by atoms with Crippen molar-refractivity contribution in [2.24, 2.45) is 11.8 Å². The average Bonchev–Trinajstić information content (AvgIpc) is 2.33. The van der Waals surface area contributed by atoms with Crippen molar-refractivity contribution in [2.75, 3.05) is 7.05 Å². The van der Waals surface area contributed by atoms with Crippen molar-refractivity contribution in [2.45, 2.75) is 38.6 Å². The predicted molar refractivity (Wildman–Crippen MR) is 67.1 cm³/mol. The molecule has 0 bridgehead atoms. The standard InChI is InChI=1S/C14H21FN2/c1-10-5-3-6-11(9-10)13(16-2)14-12(15)7-4-8-17-14/h4,7-8,10-11,13,16H,3,5-6,9H2,1-2H3. The van der Waals surface area contributed by atoms with Crippen LogP contribution in [0, 0.1) is 17.7 Å². The summed E-state index contributed by atoms with van der Waals surface area (Å²) in [5, 5.41) is 3.25. The van der Waals surface area contributed by atoms with E-state index in [1.54, 1.807) is 12.3 Å². The topological polar surface area (TPSA) is 24.9 Å². The lowest BCUT2D eigenvalue weighted by Crippen LogP contribution is -2.30. The lowest BCUT2D eigenvalue weighted by atomic mass is 9.77. The smallest absolute Gasteiger partial charge is 0.146 e. The monoisotopic (exact) mass is 236 g/mol. The summed E-state index contributed by atoms with van der Waals surface area (Å²) >= 11 is 0. The Morgan fingerprint density at radius 1 is 1.47 bits per heavy atom. The molecule has 3 atom stereocenters. The molecule has 1 N–H and O–H groups in total. The fourth-order valence-corrected chi connectivity index (χ4v) is 3.01. The molecule has 94 valence electrons. The van der Waals surface area contributed by atoms with Crippen LogP contribution in [-0.4, -0.2) is 12.0 Å². The first-order valence-corrected chi connectivity index (χ1v) is 6.50. The molecule has 1 heterocycles. The number of rotatable bonds is 3. The zero-order valence-electron chi connectivity index (χ0n) is 10.6. The lowest BCUT2D eigenvalue weighted by molar-refractivity contribution is 0.224. The number of nitrogens with zero attached hydrogens (tertiary/aromatic N) is 1. The van der Waals surface area contributed by atoms with E-state index in [9.17, 15) is 4.39 Å². The van der Waals surface area contributed by atoms with Gasteiger partial charge in [0.05, 0.1) is 11.7 Å². The highest BCUT2D eigenvalue weighted by Gasteiger charge is 2.29. The van der Waals surface area contributed by atoms with Crippen molar-refractivity contribution in [3.63, 3.8) is 0 Å². The molecule has 1 aromatic heterocycles. The first-order chi connectivity index (χ1) is 8.22. The van der Waals surface area contributed by atoms with Gasteiger partial charge in [0.2, 0.25) is 0 Å². The van der Waals surface area contributed by atoms with Crippen LogP contribution in [0.4, 0.5) is 4.39 Å². The van der Waals surface area contributed by atoms with Gasteiger partial charge in [0.1, 0.15) is 5.82 Å². The van der Waals surface area contributed by atoms with Crippen LogP contribution in [0.1, 0.15) is 44.3 Å². The molecule has 0 aliphatic heterocycles. The van der Waals surface area contributed by atoms with Crippen molar-refractivity contribution < 1.29 is 4.39 Å². The van der Waals surface area contributed by atoms with Crippen molar-refractivity contribution in [1.29, 1.82) is 0 Å². The highest BCUT2D eigenvalue weighted by Crippen LogP contribution is 2.36. The molecule has 1 saturated carbocycles. The predicted octanol–water partition coefficient (Wildman–Crippen LogP) is 3.31. The van der Waals surface area contributed by atoms with Crippen LogP contribution in [0.25, 0.3) is 0 Å². The minimum atomic E-state index is -0.190. The molecule has 0 saturated heterocycles. The molecule has 2 nitrogen and oxygen atoms in total. The first-order valence-electron chi connectivity index (χ1n) is 6.50. The number of aromatic nitrogens is 1. The number of hydrogen-bond donors (Lipinski definition) is 1. The fraction of sp³-hybridized carbons (Fsp3) is 0.643. The SMILES string of the molecule is CNC(c1ncccc1F)C1CCCC(C)C1. The van der Waals surface area contributed by atoms with Gasteiger partial charge in [-0.05, 0) is 43.9 Å². The van der Waals surface area contributed by atoms with E-state index in [1.807, 2.05) is 7.05 Å². The Hall–Kier alpha value is -0.960. The molecule has 1 aromatic rings. The molecule has 1 aliphatic carbocycles. The summed E-state index contributed by atoms with van der Waals surface area (Å²) in [7, 11) is 1.90. The molecular weight excluding hydrogens is 215 g/mol. The van der Waals surface area contributed by atoms with Crippen LogP contribution in [-0.2, 0) is 0 Å². The minimum absolute atomic E-state index is 0.0546. The van der Waals surface area contributed by atoms with Crippen LogP contribution >= 0.6 is 0 Å². The third-order valence-corrected chi connectivity index (χ3v) is 3.84. The van der Waals surface area contributed by atoms with Gasteiger partial charge >= 0.3 is 0 Å². The van der Waals surface area contributed by atoms with Gasteiger partial charge in [-0.1, -0.05) is 19.8 Å². The van der Waals surface area contributed by atoms with E-state index in [2.05, 4.69) is 17.2 Å². The van der Waals surface area contributed by atoms with E-state index in [4.69, 9.17) is 0 Å². The van der Waals surface area contributed by atoms with Crippen molar-refractivity contribution in [3.05, 3.63) is 29.8 Å². The summed E-state index contributed by atoms with van der Waals surface area (Å²) in [6.45, 7) is 2.29. The molecule has 17 heavy (non-hydrogen) atoms. The molecule has 0 spiro atoms. The van der Waals surface area contributed by atoms with Crippen molar-refractivity contribution in [3.8, 4) is 0 Å². The highest BCUT2D eigenvalue weighted by molar-refractivity contribution is 5.13. The normalized spacial score (nSPS) is 26.8. The van der Waals surface area contributed by atoms with Crippen LogP contribution < -0.4 is 5.32 Å². The third-order valence-electron chi connectivity index (χ3n) is 3.84. The van der Waals surface area contributed by atoms with Crippen molar-refractivity contribution >= 4 is 0 Å². The maximum absolute atomic E-state index is 13.8. The second-order valence-electron chi connectivity index (χ2n) is 5.17. The van der Waals surface area contributed by atoms with E-state index in [0.717, 1.165) is 5.92 Å². The van der Waals surface area contributed by atoms with Gasteiger partial charge in [-0.15, -0.1) is 0 Å². The number of halogens is 1. The summed E-state index contributed by atoms with van der Waals surface area (Å²) in [5.74, 6) is 1.06. The molecule has 1 aliphatic rings. The maximum atomic E-state index is 13.8. The Morgan fingerprint density at radius 3 is 2.94 bits per heavy atom. The average molecular weight is 236 g/mol. The van der Waals surface area contributed by atoms with Crippen molar-refractivity contribution in [1.82, 2.24) is 10.3 Å². The Labute approximate surface area is 103 Å². The number of nitrogens with one attached hydrogen (secondary N) is 1. The van der Waals surface area contributed by atoms with Crippen LogP contribution in [0.5, 0.6) is 0 Å². The van der Waals surface area contributed by atoms with Gasteiger partial charge in [0, 0.05) is 6.20 Å². The van der Waals surface area contributed by atoms with E-state index in [-0.39, 0.29) is 11.9 Å². The minimum Gasteiger partial charge on any atom is -0.311 e. The van der Waals surface area contributed by atoms with E-state index in [0.29, 0.717) is 11.6 Å². The zero-order valence-corrected chi connectivity index (χ0v) is 10.6. The van der Waals surface area contributed by atoms with E-state index in [1.165, 1.54) is 31.7 Å². The fourth-order valence-electron chi connectivity index (χ4n) is 3.01. The van der Waals surface area contributed by atoms with E-state index < -0.39 is 0 Å². The molecule has 0 radical (unpaired) electrons. The summed E-state index contributed by atoms with van der Waals surface area (Å²) in [6.07, 6.45) is 6.57. The summed E-state index contributed by atoms with van der Waals surface area (Å²) in [5.41, 5.74) is 0.578. The molecule has 0 aromatic carbocycles. The Balaban J connectivity index is 2.18. The molecule has 0 amide bonds. The van der Waals surface area contributed by atoms with Crippen LogP contribution in [0.2, 0.25) is 0 Å². The molecule has 1 fully saturated rings. The van der Waals surface area contributed by atoms with Gasteiger partial charge in [-0.3, -0.25) is 4.98 Å². The van der Waals surface area contributed by atoms with Crippen LogP contribution in [0.3, 0.4) is 0 Å². The Morgan fingerprint density at radius 2 is 2.29 bits per heavy atom. The highest BCUT2D eigenvalue weighted by atomic mass is 19.1. The third kappa shape index (κ3) is 2.83. The zero-order chi connectivity index (χ0) is 12.3. The first kappa shape index (κ1) is 12.5. The second-order valence-corrected chi connectivity index (χ2v) is 5.17. The number of pyridine rings is 1. The van der Waals surface area contributed by atoms with Gasteiger partial charge in [-0.25, -0.2) is 4.39 Å². The summed E-state index contributed by atoms with van der Waals surface area (Å²) in [6, 6.07) is 3.20. The van der Waals surface area contributed by atoms with Crippen LogP contribution in [0.15, 0.2) is 18.3 Å². The molecule has 2 rings (SSSR count). The summed E-state index contributed by atoms with van der Waals surface area (Å²) < 4.78 is 13.8. The van der Waals surface area contributed by atoms with Gasteiger partial charge in [0.15, 0.2) is 0 Å².